The van der Waals surface area contributed by atoms with Crippen LogP contribution in [0.25, 0.3) is 0 Å². The number of nitrogens with zero attached hydrogens (tertiary/aromatic N) is 3. The molecule has 1 N–H and O–H groups in total. The molecule has 164 valence electrons. The molecule has 6 nitrogen and oxygen atoms in total. The monoisotopic (exact) mass is 438 g/mol. The molecule has 1 aromatic heterocycles. The third-order valence-corrected chi connectivity index (χ3v) is 6.08. The van der Waals surface area contributed by atoms with Gasteiger partial charge in [0.2, 0.25) is 5.91 Å². The van der Waals surface area contributed by atoms with Crippen molar-refractivity contribution in [1.29, 1.82) is 0 Å². The van der Waals surface area contributed by atoms with Crippen LogP contribution in [0, 0.1) is 0 Å². The maximum Gasteiger partial charge on any atom is 0.234 e. The third kappa shape index (κ3) is 6.59. The van der Waals surface area contributed by atoms with Crippen molar-refractivity contribution in [2.24, 2.45) is 0 Å². The molecule has 0 fully saturated rings. The molecular weight excluding hydrogens is 408 g/mol. The van der Waals surface area contributed by atoms with E-state index in [1.807, 2.05) is 36.4 Å². The van der Waals surface area contributed by atoms with E-state index in [0.29, 0.717) is 5.75 Å². The predicted octanol–water partition coefficient (Wildman–Crippen LogP) is 4.78. The summed E-state index contributed by atoms with van der Waals surface area (Å²) < 4.78 is 7.31. The molecule has 0 saturated heterocycles. The largest absolute Gasteiger partial charge is 0.497 e. The number of ether oxygens (including phenoxy) is 1. The van der Waals surface area contributed by atoms with Gasteiger partial charge < -0.3 is 14.6 Å². The van der Waals surface area contributed by atoms with Gasteiger partial charge in [-0.2, -0.15) is 0 Å². The summed E-state index contributed by atoms with van der Waals surface area (Å²) in [5.41, 5.74) is 3.35. The summed E-state index contributed by atoms with van der Waals surface area (Å²) >= 11 is 1.42. The van der Waals surface area contributed by atoms with E-state index in [0.717, 1.165) is 54.6 Å². The second-order valence-corrected chi connectivity index (χ2v) is 8.17. The van der Waals surface area contributed by atoms with Crippen molar-refractivity contribution in [3.8, 4) is 5.75 Å². The van der Waals surface area contributed by atoms with Crippen LogP contribution in [0.15, 0.2) is 53.7 Å². The Balaban J connectivity index is 1.49. The lowest BCUT2D eigenvalue weighted by Gasteiger charge is -2.08. The number of thioether (sulfide) groups is 1. The topological polar surface area (TPSA) is 69.0 Å². The van der Waals surface area contributed by atoms with E-state index in [1.54, 1.807) is 7.11 Å². The molecule has 1 amide bonds. The summed E-state index contributed by atoms with van der Waals surface area (Å²) in [6.45, 7) is 4.98. The van der Waals surface area contributed by atoms with E-state index in [1.165, 1.54) is 22.9 Å². The van der Waals surface area contributed by atoms with Gasteiger partial charge in [-0.3, -0.25) is 4.79 Å². The Morgan fingerprint density at radius 2 is 1.71 bits per heavy atom. The second kappa shape index (κ2) is 11.6. The average molecular weight is 439 g/mol. The lowest BCUT2D eigenvalue weighted by atomic mass is 10.1. The number of carbonyl (C=O) groups is 1. The van der Waals surface area contributed by atoms with Crippen molar-refractivity contribution >= 4 is 23.4 Å². The van der Waals surface area contributed by atoms with Gasteiger partial charge in [-0.1, -0.05) is 43.0 Å². The number of aromatic nitrogens is 3. The molecule has 31 heavy (non-hydrogen) atoms. The standard InChI is InChI=1S/C24H30N4O2S/c1-4-18-9-13-20(14-10-18)25-23(29)17-31-24-27-26-22(28(24)5-2)8-6-7-19-11-15-21(30-3)16-12-19/h9-16H,4-8,17H2,1-3H3,(H,25,29). The number of aryl methyl sites for hydroxylation is 3. The van der Waals surface area contributed by atoms with Gasteiger partial charge >= 0.3 is 0 Å². The summed E-state index contributed by atoms with van der Waals surface area (Å²) in [5.74, 6) is 2.10. The van der Waals surface area contributed by atoms with Gasteiger partial charge in [-0.25, -0.2) is 0 Å². The van der Waals surface area contributed by atoms with Gasteiger partial charge in [-0.15, -0.1) is 10.2 Å². The average Bonchev–Trinajstić information content (AvgIpc) is 3.20. The molecule has 3 rings (SSSR count). The predicted molar refractivity (Wildman–Crippen MR) is 126 cm³/mol. The highest BCUT2D eigenvalue weighted by Gasteiger charge is 2.13. The molecule has 0 aliphatic rings. The first-order valence-electron chi connectivity index (χ1n) is 10.7. The Morgan fingerprint density at radius 3 is 2.35 bits per heavy atom. The van der Waals surface area contributed by atoms with Crippen molar-refractivity contribution in [3.05, 3.63) is 65.5 Å². The highest BCUT2D eigenvalue weighted by Crippen LogP contribution is 2.20. The summed E-state index contributed by atoms with van der Waals surface area (Å²) in [6, 6.07) is 16.1. The number of hydrogen-bond acceptors (Lipinski definition) is 5. The molecular formula is C24H30N4O2S. The Kier molecular flexibility index (Phi) is 8.53. The molecule has 0 bridgehead atoms. The van der Waals surface area contributed by atoms with Crippen LogP contribution >= 0.6 is 11.8 Å². The van der Waals surface area contributed by atoms with E-state index in [2.05, 4.69) is 46.1 Å². The Morgan fingerprint density at radius 1 is 1.00 bits per heavy atom. The maximum atomic E-state index is 12.3. The molecule has 0 saturated carbocycles. The van der Waals surface area contributed by atoms with Crippen molar-refractivity contribution in [2.45, 2.75) is 51.2 Å². The molecule has 1 heterocycles. The second-order valence-electron chi connectivity index (χ2n) is 7.23. The van der Waals surface area contributed by atoms with E-state index in [4.69, 9.17) is 4.74 Å². The van der Waals surface area contributed by atoms with E-state index in [9.17, 15) is 4.79 Å². The smallest absolute Gasteiger partial charge is 0.234 e. The molecule has 0 spiro atoms. The third-order valence-electron chi connectivity index (χ3n) is 5.11. The number of methoxy groups -OCH3 is 1. The fraction of sp³-hybridized carbons (Fsp3) is 0.375. The first-order chi connectivity index (χ1) is 15.1. The van der Waals surface area contributed by atoms with Crippen LogP contribution in [0.3, 0.4) is 0 Å². The number of carbonyl (C=O) groups excluding carboxylic acids is 1. The van der Waals surface area contributed by atoms with Crippen LogP contribution in [-0.2, 0) is 30.6 Å². The zero-order chi connectivity index (χ0) is 22.1. The van der Waals surface area contributed by atoms with Crippen LogP contribution < -0.4 is 10.1 Å². The molecule has 0 atom stereocenters. The van der Waals surface area contributed by atoms with Crippen LogP contribution in [0.1, 0.15) is 37.2 Å². The Bertz CT molecular complexity index is 968. The Labute approximate surface area is 188 Å². The van der Waals surface area contributed by atoms with Crippen molar-refractivity contribution in [1.82, 2.24) is 14.8 Å². The molecule has 3 aromatic rings. The number of benzene rings is 2. The van der Waals surface area contributed by atoms with Crippen LogP contribution in [0.5, 0.6) is 5.75 Å². The van der Waals surface area contributed by atoms with Gasteiger partial charge in [-0.05, 0) is 61.6 Å². The molecule has 2 aromatic carbocycles. The van der Waals surface area contributed by atoms with Crippen molar-refractivity contribution in [3.63, 3.8) is 0 Å². The fourth-order valence-corrected chi connectivity index (χ4v) is 4.14. The molecule has 0 aliphatic heterocycles. The highest BCUT2D eigenvalue weighted by atomic mass is 32.2. The summed E-state index contributed by atoms with van der Waals surface area (Å²) in [7, 11) is 1.68. The Hall–Kier alpha value is -2.80. The number of amides is 1. The van der Waals surface area contributed by atoms with Gasteiger partial charge in [0.1, 0.15) is 11.6 Å². The van der Waals surface area contributed by atoms with E-state index < -0.39 is 0 Å². The van der Waals surface area contributed by atoms with Crippen molar-refractivity contribution < 1.29 is 9.53 Å². The fourth-order valence-electron chi connectivity index (χ4n) is 3.32. The van der Waals surface area contributed by atoms with E-state index >= 15 is 0 Å². The lowest BCUT2D eigenvalue weighted by Crippen LogP contribution is -2.14. The summed E-state index contributed by atoms with van der Waals surface area (Å²) in [6.07, 6.45) is 3.80. The molecule has 7 heteroatoms. The maximum absolute atomic E-state index is 12.3. The van der Waals surface area contributed by atoms with E-state index in [-0.39, 0.29) is 5.91 Å². The zero-order valence-electron chi connectivity index (χ0n) is 18.4. The van der Waals surface area contributed by atoms with Gasteiger partial charge in [0.15, 0.2) is 5.16 Å². The number of rotatable bonds is 11. The minimum Gasteiger partial charge on any atom is -0.497 e. The van der Waals surface area contributed by atoms with Crippen LogP contribution in [0.4, 0.5) is 5.69 Å². The molecule has 0 radical (unpaired) electrons. The SMILES string of the molecule is CCc1ccc(NC(=O)CSc2nnc(CCCc3ccc(OC)cc3)n2CC)cc1. The number of hydrogen-bond donors (Lipinski definition) is 1. The lowest BCUT2D eigenvalue weighted by molar-refractivity contribution is -0.113. The number of nitrogens with one attached hydrogen (secondary N) is 1. The number of anilines is 1. The minimum atomic E-state index is -0.0408. The first kappa shape index (κ1) is 22.9. The zero-order valence-corrected chi connectivity index (χ0v) is 19.2. The van der Waals surface area contributed by atoms with Gasteiger partial charge in [0.05, 0.1) is 12.9 Å². The molecule has 0 aliphatic carbocycles. The highest BCUT2D eigenvalue weighted by molar-refractivity contribution is 7.99. The minimum absolute atomic E-state index is 0.0408. The van der Waals surface area contributed by atoms with Crippen LogP contribution in [0.2, 0.25) is 0 Å². The normalized spacial score (nSPS) is 10.8. The van der Waals surface area contributed by atoms with Gasteiger partial charge in [0.25, 0.3) is 0 Å². The quantitative estimate of drug-likeness (QED) is 0.437. The first-order valence-corrected chi connectivity index (χ1v) is 11.7. The summed E-state index contributed by atoms with van der Waals surface area (Å²) in [4.78, 5) is 12.3. The van der Waals surface area contributed by atoms with Crippen molar-refractivity contribution in [2.75, 3.05) is 18.2 Å². The summed E-state index contributed by atoms with van der Waals surface area (Å²) in [5, 5.41) is 12.4. The van der Waals surface area contributed by atoms with Crippen LogP contribution in [-0.4, -0.2) is 33.5 Å². The van der Waals surface area contributed by atoms with Gasteiger partial charge in [0, 0.05) is 18.7 Å². The molecule has 0 unspecified atom stereocenters.